The van der Waals surface area contributed by atoms with Gasteiger partial charge in [-0.1, -0.05) is 12.8 Å². The molecule has 0 bridgehead atoms. The monoisotopic (exact) mass is 257 g/mol. The highest BCUT2D eigenvalue weighted by Crippen LogP contribution is 2.37. The lowest BCUT2D eigenvalue weighted by Gasteiger charge is -2.32. The van der Waals surface area contributed by atoms with Gasteiger partial charge >= 0.3 is 6.03 Å². The molecule has 1 aliphatic rings. The van der Waals surface area contributed by atoms with Gasteiger partial charge in [0, 0.05) is 18.5 Å². The Morgan fingerprint density at radius 3 is 2.50 bits per heavy atom. The molecule has 0 heterocycles. The highest BCUT2D eigenvalue weighted by molar-refractivity contribution is 5.74. The Bertz CT molecular complexity index is 263. The SMILES string of the molecule is C[C@H](CO)NC(=O)NCC1(CN(C)C)CCCC1. The van der Waals surface area contributed by atoms with E-state index in [2.05, 4.69) is 29.6 Å². The molecular formula is C13H27N3O2. The van der Waals surface area contributed by atoms with Crippen LogP contribution in [0.25, 0.3) is 0 Å². The van der Waals surface area contributed by atoms with Crippen LogP contribution in [0, 0.1) is 5.41 Å². The normalized spacial score (nSPS) is 19.8. The summed E-state index contributed by atoms with van der Waals surface area (Å²) in [4.78, 5) is 13.8. The van der Waals surface area contributed by atoms with Crippen LogP contribution in [-0.2, 0) is 0 Å². The average Bonchev–Trinajstić information content (AvgIpc) is 2.74. The van der Waals surface area contributed by atoms with Crippen molar-refractivity contribution < 1.29 is 9.90 Å². The van der Waals surface area contributed by atoms with E-state index in [-0.39, 0.29) is 24.1 Å². The van der Waals surface area contributed by atoms with Gasteiger partial charge in [0.25, 0.3) is 0 Å². The molecule has 0 aromatic heterocycles. The van der Waals surface area contributed by atoms with Gasteiger partial charge in [-0.25, -0.2) is 4.79 Å². The van der Waals surface area contributed by atoms with Crippen molar-refractivity contribution in [3.63, 3.8) is 0 Å². The van der Waals surface area contributed by atoms with Gasteiger partial charge in [-0.2, -0.15) is 0 Å². The topological polar surface area (TPSA) is 64.6 Å². The second-order valence-corrected chi connectivity index (χ2v) is 5.86. The van der Waals surface area contributed by atoms with Gasteiger partial charge in [-0.05, 0) is 33.9 Å². The lowest BCUT2D eigenvalue weighted by atomic mass is 9.85. The first-order valence-corrected chi connectivity index (χ1v) is 6.77. The molecule has 1 rings (SSSR count). The number of aliphatic hydroxyl groups is 1. The van der Waals surface area contributed by atoms with Crippen molar-refractivity contribution in [2.24, 2.45) is 5.41 Å². The van der Waals surface area contributed by atoms with Gasteiger partial charge in [0.05, 0.1) is 12.6 Å². The average molecular weight is 257 g/mol. The van der Waals surface area contributed by atoms with Crippen molar-refractivity contribution in [3.05, 3.63) is 0 Å². The van der Waals surface area contributed by atoms with Gasteiger partial charge < -0.3 is 20.6 Å². The molecule has 0 unspecified atom stereocenters. The van der Waals surface area contributed by atoms with E-state index in [1.54, 1.807) is 6.92 Å². The Kier molecular flexibility index (Phi) is 5.88. The summed E-state index contributed by atoms with van der Waals surface area (Å²) in [6, 6.07) is -0.375. The number of hydrogen-bond donors (Lipinski definition) is 3. The molecule has 3 N–H and O–H groups in total. The third-order valence-electron chi connectivity index (χ3n) is 3.59. The van der Waals surface area contributed by atoms with Crippen molar-refractivity contribution in [3.8, 4) is 0 Å². The summed E-state index contributed by atoms with van der Waals surface area (Å²) < 4.78 is 0. The number of nitrogens with zero attached hydrogens (tertiary/aromatic N) is 1. The molecule has 0 saturated heterocycles. The first-order valence-electron chi connectivity index (χ1n) is 6.77. The Hall–Kier alpha value is -0.810. The standard InChI is InChI=1S/C13H27N3O2/c1-11(8-17)15-12(18)14-9-13(10-16(2)3)6-4-5-7-13/h11,17H,4-10H2,1-3H3,(H2,14,15,18)/t11-/m1/s1. The first-order chi connectivity index (χ1) is 8.47. The van der Waals surface area contributed by atoms with E-state index < -0.39 is 0 Å². The van der Waals surface area contributed by atoms with Crippen LogP contribution in [-0.4, -0.2) is 55.9 Å². The van der Waals surface area contributed by atoms with E-state index in [1.807, 2.05) is 0 Å². The van der Waals surface area contributed by atoms with Crippen LogP contribution in [0.1, 0.15) is 32.6 Å². The summed E-state index contributed by atoms with van der Waals surface area (Å²) in [5, 5.41) is 14.5. The molecule has 0 spiro atoms. The van der Waals surface area contributed by atoms with Crippen LogP contribution >= 0.6 is 0 Å². The molecule has 0 aromatic rings. The third-order valence-corrected chi connectivity index (χ3v) is 3.59. The fraction of sp³-hybridized carbons (Fsp3) is 0.923. The summed E-state index contributed by atoms with van der Waals surface area (Å²) in [5.41, 5.74) is 0.225. The molecule has 106 valence electrons. The summed E-state index contributed by atoms with van der Waals surface area (Å²) in [6.45, 7) is 3.49. The minimum Gasteiger partial charge on any atom is -0.394 e. The Morgan fingerprint density at radius 1 is 1.39 bits per heavy atom. The van der Waals surface area contributed by atoms with Crippen molar-refractivity contribution in [2.75, 3.05) is 33.8 Å². The van der Waals surface area contributed by atoms with Crippen molar-refractivity contribution >= 4 is 6.03 Å². The maximum Gasteiger partial charge on any atom is 0.315 e. The van der Waals surface area contributed by atoms with Crippen molar-refractivity contribution in [1.82, 2.24) is 15.5 Å². The Morgan fingerprint density at radius 2 is 2.00 bits per heavy atom. The summed E-state index contributed by atoms with van der Waals surface area (Å²) in [5.74, 6) is 0. The third kappa shape index (κ3) is 4.82. The molecule has 2 amide bonds. The quantitative estimate of drug-likeness (QED) is 0.659. The van der Waals surface area contributed by atoms with Crippen molar-refractivity contribution in [1.29, 1.82) is 0 Å². The number of urea groups is 1. The molecular weight excluding hydrogens is 230 g/mol. The van der Waals surface area contributed by atoms with Gasteiger partial charge in [0.15, 0.2) is 0 Å². The van der Waals surface area contributed by atoms with E-state index in [4.69, 9.17) is 5.11 Å². The van der Waals surface area contributed by atoms with Crippen molar-refractivity contribution in [2.45, 2.75) is 38.6 Å². The number of rotatable bonds is 6. The predicted octanol–water partition coefficient (Wildman–Crippen LogP) is 0.788. The number of carbonyl (C=O) groups excluding carboxylic acids is 1. The van der Waals surface area contributed by atoms with Crippen LogP contribution < -0.4 is 10.6 Å². The second kappa shape index (κ2) is 6.95. The smallest absolute Gasteiger partial charge is 0.315 e. The van der Waals surface area contributed by atoms with E-state index in [0.29, 0.717) is 0 Å². The number of nitrogens with one attached hydrogen (secondary N) is 2. The molecule has 5 nitrogen and oxygen atoms in total. The highest BCUT2D eigenvalue weighted by atomic mass is 16.3. The number of aliphatic hydroxyl groups excluding tert-OH is 1. The molecule has 18 heavy (non-hydrogen) atoms. The highest BCUT2D eigenvalue weighted by Gasteiger charge is 2.34. The van der Waals surface area contributed by atoms with E-state index in [0.717, 1.165) is 13.1 Å². The largest absolute Gasteiger partial charge is 0.394 e. The van der Waals surface area contributed by atoms with Crippen LogP contribution in [0.3, 0.4) is 0 Å². The Balaban J connectivity index is 2.40. The molecule has 0 radical (unpaired) electrons. The van der Waals surface area contributed by atoms with Crippen LogP contribution in [0.2, 0.25) is 0 Å². The lowest BCUT2D eigenvalue weighted by Crippen LogP contribution is -2.48. The summed E-state index contributed by atoms with van der Waals surface area (Å²) >= 11 is 0. The maximum absolute atomic E-state index is 11.7. The van der Waals surface area contributed by atoms with E-state index in [9.17, 15) is 4.79 Å². The molecule has 5 heteroatoms. The van der Waals surface area contributed by atoms with Gasteiger partial charge in [0.2, 0.25) is 0 Å². The lowest BCUT2D eigenvalue weighted by molar-refractivity contribution is 0.186. The van der Waals surface area contributed by atoms with Gasteiger partial charge in [-0.15, -0.1) is 0 Å². The maximum atomic E-state index is 11.7. The number of hydrogen-bond acceptors (Lipinski definition) is 3. The Labute approximate surface area is 110 Å². The molecule has 1 aliphatic carbocycles. The van der Waals surface area contributed by atoms with E-state index >= 15 is 0 Å². The van der Waals surface area contributed by atoms with Crippen LogP contribution in [0.5, 0.6) is 0 Å². The molecule has 0 aromatic carbocycles. The summed E-state index contributed by atoms with van der Waals surface area (Å²) in [7, 11) is 4.15. The fourth-order valence-corrected chi connectivity index (χ4v) is 2.77. The molecule has 1 saturated carbocycles. The molecule has 0 aliphatic heterocycles. The number of amides is 2. The minimum absolute atomic E-state index is 0.0315. The zero-order chi connectivity index (χ0) is 13.6. The first kappa shape index (κ1) is 15.2. The zero-order valence-electron chi connectivity index (χ0n) is 11.8. The number of carbonyl (C=O) groups is 1. The minimum atomic E-state index is -0.196. The van der Waals surface area contributed by atoms with Crippen LogP contribution in [0.15, 0.2) is 0 Å². The van der Waals surface area contributed by atoms with E-state index in [1.165, 1.54) is 25.7 Å². The van der Waals surface area contributed by atoms with Gasteiger partial charge in [-0.3, -0.25) is 0 Å². The summed E-state index contributed by atoms with van der Waals surface area (Å²) in [6.07, 6.45) is 4.87. The molecule has 1 atom stereocenters. The van der Waals surface area contributed by atoms with Crippen LogP contribution in [0.4, 0.5) is 4.79 Å². The second-order valence-electron chi connectivity index (χ2n) is 5.86. The zero-order valence-corrected chi connectivity index (χ0v) is 11.8. The predicted molar refractivity (Wildman–Crippen MR) is 72.5 cm³/mol. The fourth-order valence-electron chi connectivity index (χ4n) is 2.77. The molecule has 1 fully saturated rings. The van der Waals surface area contributed by atoms with Gasteiger partial charge in [0.1, 0.15) is 0 Å².